The van der Waals surface area contributed by atoms with Crippen LogP contribution in [0.3, 0.4) is 0 Å². The normalized spacial score (nSPS) is 12.2. The second-order valence-corrected chi connectivity index (χ2v) is 9.21. The predicted octanol–water partition coefficient (Wildman–Crippen LogP) is 3.02. The van der Waals surface area contributed by atoms with Gasteiger partial charge >= 0.3 is 0 Å². The zero-order chi connectivity index (χ0) is 23.3. The van der Waals surface area contributed by atoms with Gasteiger partial charge in [-0.25, -0.2) is 8.42 Å². The van der Waals surface area contributed by atoms with Crippen molar-refractivity contribution in [3.8, 4) is 17.2 Å². The lowest BCUT2D eigenvalue weighted by Gasteiger charge is -2.17. The number of aryl methyl sites for hydroxylation is 1. The summed E-state index contributed by atoms with van der Waals surface area (Å²) in [6.45, 7) is 1.70. The van der Waals surface area contributed by atoms with E-state index in [-0.39, 0.29) is 17.1 Å². The molecular weight excluding hydrogens is 434 g/mol. The van der Waals surface area contributed by atoms with Gasteiger partial charge in [0.05, 0.1) is 11.5 Å². The zero-order valence-electron chi connectivity index (χ0n) is 18.0. The number of carbonyl (C=O) groups is 1. The molecule has 3 aromatic rings. The first-order valence-corrected chi connectivity index (χ1v) is 11.8. The number of hydrogen-bond acceptors (Lipinski definition) is 7. The summed E-state index contributed by atoms with van der Waals surface area (Å²) in [6, 6.07) is 12.3. The number of benzene rings is 2. The van der Waals surface area contributed by atoms with Crippen molar-refractivity contribution in [2.45, 2.75) is 24.3 Å². The Labute approximate surface area is 186 Å². The van der Waals surface area contributed by atoms with Crippen LogP contribution >= 0.6 is 0 Å². The molecular formula is C22H25N3O6S. The van der Waals surface area contributed by atoms with Crippen molar-refractivity contribution in [2.24, 2.45) is 7.05 Å². The largest absolute Gasteiger partial charge is 0.488 e. The standard InChI is InChI=1S/C22H25N3O6S/c1-4-16(14-26)30-18-11-15(22(27)23-21-9-10-25(2)24-21)12-19(13-18)31-17-5-7-20(8-6-17)32(3,28)29/h5-13,16,26H,4,14H2,1-3H3,(H,23,24,27). The van der Waals surface area contributed by atoms with Gasteiger partial charge < -0.3 is 19.9 Å². The minimum atomic E-state index is -3.32. The van der Waals surface area contributed by atoms with E-state index in [1.54, 1.807) is 36.1 Å². The third-order valence-corrected chi connectivity index (χ3v) is 5.68. The molecule has 1 aromatic heterocycles. The number of ether oxygens (including phenoxy) is 2. The lowest BCUT2D eigenvalue weighted by atomic mass is 10.1. The summed E-state index contributed by atoms with van der Waals surface area (Å²) in [7, 11) is -1.58. The molecule has 0 spiro atoms. The van der Waals surface area contributed by atoms with Crippen LogP contribution in [0.4, 0.5) is 5.82 Å². The van der Waals surface area contributed by atoms with E-state index in [0.717, 1.165) is 6.26 Å². The summed E-state index contributed by atoms with van der Waals surface area (Å²) in [6.07, 6.45) is 2.97. The molecule has 1 unspecified atom stereocenters. The van der Waals surface area contributed by atoms with E-state index >= 15 is 0 Å². The van der Waals surface area contributed by atoms with Gasteiger partial charge in [0, 0.05) is 37.2 Å². The number of nitrogens with zero attached hydrogens (tertiary/aromatic N) is 2. The van der Waals surface area contributed by atoms with Crippen molar-refractivity contribution in [1.82, 2.24) is 9.78 Å². The number of aliphatic hydroxyl groups is 1. The van der Waals surface area contributed by atoms with Crippen LogP contribution < -0.4 is 14.8 Å². The van der Waals surface area contributed by atoms with Gasteiger partial charge in [0.25, 0.3) is 5.91 Å². The smallest absolute Gasteiger partial charge is 0.257 e. The van der Waals surface area contributed by atoms with Gasteiger partial charge in [-0.15, -0.1) is 0 Å². The number of anilines is 1. The average Bonchev–Trinajstić information content (AvgIpc) is 3.16. The Morgan fingerprint density at radius 1 is 1.12 bits per heavy atom. The monoisotopic (exact) mass is 459 g/mol. The van der Waals surface area contributed by atoms with E-state index in [0.29, 0.717) is 29.5 Å². The maximum atomic E-state index is 12.8. The molecule has 0 bridgehead atoms. The first-order valence-electron chi connectivity index (χ1n) is 9.89. The van der Waals surface area contributed by atoms with E-state index in [1.165, 1.54) is 30.3 Å². The van der Waals surface area contributed by atoms with Crippen molar-refractivity contribution in [3.63, 3.8) is 0 Å². The fourth-order valence-electron chi connectivity index (χ4n) is 2.83. The van der Waals surface area contributed by atoms with E-state index in [2.05, 4.69) is 10.4 Å². The van der Waals surface area contributed by atoms with E-state index in [1.807, 2.05) is 6.92 Å². The maximum absolute atomic E-state index is 12.8. The minimum absolute atomic E-state index is 0.172. The van der Waals surface area contributed by atoms with Crippen LogP contribution in [-0.2, 0) is 16.9 Å². The van der Waals surface area contributed by atoms with Crippen molar-refractivity contribution in [3.05, 3.63) is 60.3 Å². The average molecular weight is 460 g/mol. The number of hydrogen-bond donors (Lipinski definition) is 2. The third kappa shape index (κ3) is 6.08. The van der Waals surface area contributed by atoms with E-state index in [9.17, 15) is 18.3 Å². The highest BCUT2D eigenvalue weighted by molar-refractivity contribution is 7.90. The van der Waals surface area contributed by atoms with Gasteiger partial charge in [-0.2, -0.15) is 5.10 Å². The topological polar surface area (TPSA) is 120 Å². The number of aromatic nitrogens is 2. The number of aliphatic hydroxyl groups excluding tert-OH is 1. The van der Waals surface area contributed by atoms with Crippen LogP contribution in [0.1, 0.15) is 23.7 Å². The Morgan fingerprint density at radius 2 is 1.81 bits per heavy atom. The fourth-order valence-corrected chi connectivity index (χ4v) is 3.46. The predicted molar refractivity (Wildman–Crippen MR) is 119 cm³/mol. The second-order valence-electron chi connectivity index (χ2n) is 7.20. The van der Waals surface area contributed by atoms with Gasteiger partial charge in [0.2, 0.25) is 0 Å². The first-order chi connectivity index (χ1) is 15.2. The summed E-state index contributed by atoms with van der Waals surface area (Å²) in [5, 5.41) is 16.3. The molecule has 0 saturated heterocycles. The number of nitrogens with one attached hydrogen (secondary N) is 1. The van der Waals surface area contributed by atoms with Crippen LogP contribution in [-0.4, -0.2) is 48.2 Å². The molecule has 1 atom stereocenters. The lowest BCUT2D eigenvalue weighted by Crippen LogP contribution is -2.20. The number of rotatable bonds is 9. The minimum Gasteiger partial charge on any atom is -0.488 e. The van der Waals surface area contributed by atoms with E-state index < -0.39 is 21.8 Å². The first kappa shape index (κ1) is 23.3. The van der Waals surface area contributed by atoms with Gasteiger partial charge in [-0.05, 0) is 42.8 Å². The molecule has 3 rings (SSSR count). The van der Waals surface area contributed by atoms with Gasteiger partial charge in [0.1, 0.15) is 23.4 Å². The summed E-state index contributed by atoms with van der Waals surface area (Å²) in [4.78, 5) is 12.9. The SMILES string of the molecule is CCC(CO)Oc1cc(Oc2ccc(S(C)(=O)=O)cc2)cc(C(=O)Nc2ccn(C)n2)c1. The lowest BCUT2D eigenvalue weighted by molar-refractivity contribution is 0.102. The van der Waals surface area contributed by atoms with Crippen LogP contribution in [0, 0.1) is 0 Å². The van der Waals surface area contributed by atoms with Crippen molar-refractivity contribution in [2.75, 3.05) is 18.2 Å². The molecule has 10 heteroatoms. The third-order valence-electron chi connectivity index (χ3n) is 4.55. The highest BCUT2D eigenvalue weighted by Gasteiger charge is 2.15. The Morgan fingerprint density at radius 3 is 2.38 bits per heavy atom. The molecule has 0 radical (unpaired) electrons. The van der Waals surface area contributed by atoms with Crippen LogP contribution in [0.2, 0.25) is 0 Å². The highest BCUT2D eigenvalue weighted by atomic mass is 32.2. The molecule has 0 fully saturated rings. The van der Waals surface area contributed by atoms with Gasteiger partial charge in [-0.3, -0.25) is 9.48 Å². The molecule has 0 aliphatic rings. The van der Waals surface area contributed by atoms with Crippen LogP contribution in [0.25, 0.3) is 0 Å². The molecule has 32 heavy (non-hydrogen) atoms. The Bertz CT molecular complexity index is 1180. The number of carbonyl (C=O) groups excluding carboxylic acids is 1. The molecule has 9 nitrogen and oxygen atoms in total. The molecule has 0 aliphatic carbocycles. The maximum Gasteiger partial charge on any atom is 0.257 e. The second kappa shape index (κ2) is 9.84. The molecule has 1 heterocycles. The van der Waals surface area contributed by atoms with Crippen LogP contribution in [0.5, 0.6) is 17.2 Å². The van der Waals surface area contributed by atoms with Crippen molar-refractivity contribution >= 4 is 21.6 Å². The van der Waals surface area contributed by atoms with Crippen molar-refractivity contribution < 1.29 is 27.8 Å². The van der Waals surface area contributed by atoms with Crippen molar-refractivity contribution in [1.29, 1.82) is 0 Å². The highest BCUT2D eigenvalue weighted by Crippen LogP contribution is 2.29. The Hall–Kier alpha value is -3.37. The zero-order valence-corrected chi connectivity index (χ0v) is 18.8. The molecule has 170 valence electrons. The Balaban J connectivity index is 1.89. The Kier molecular flexibility index (Phi) is 7.16. The summed E-state index contributed by atoms with van der Waals surface area (Å²) in [5.41, 5.74) is 0.267. The van der Waals surface area contributed by atoms with Gasteiger partial charge in [0.15, 0.2) is 15.7 Å². The quantitative estimate of drug-likeness (QED) is 0.505. The number of amides is 1. The molecule has 0 saturated carbocycles. The van der Waals surface area contributed by atoms with E-state index in [4.69, 9.17) is 9.47 Å². The molecule has 2 aromatic carbocycles. The van der Waals surface area contributed by atoms with Gasteiger partial charge in [-0.1, -0.05) is 6.92 Å². The summed E-state index contributed by atoms with van der Waals surface area (Å²) < 4.78 is 36.5. The summed E-state index contributed by atoms with van der Waals surface area (Å²) >= 11 is 0. The number of sulfone groups is 1. The van der Waals surface area contributed by atoms with Crippen LogP contribution in [0.15, 0.2) is 59.6 Å². The fraction of sp³-hybridized carbons (Fsp3) is 0.273. The molecule has 1 amide bonds. The molecule has 0 aliphatic heterocycles. The molecule has 2 N–H and O–H groups in total. The summed E-state index contributed by atoms with van der Waals surface area (Å²) in [5.74, 6) is 1.03.